The smallest absolute Gasteiger partial charge is 0.317 e. The first kappa shape index (κ1) is 15.1. The Labute approximate surface area is 140 Å². The molecular formula is C17H21N3O4. The van der Waals surface area contributed by atoms with Crippen LogP contribution in [0.5, 0.6) is 11.5 Å². The Morgan fingerprint density at radius 1 is 1.17 bits per heavy atom. The molecule has 24 heavy (non-hydrogen) atoms. The molecule has 0 spiro atoms. The zero-order valence-corrected chi connectivity index (χ0v) is 13.5. The summed E-state index contributed by atoms with van der Waals surface area (Å²) < 4.78 is 11.5. The third-order valence-corrected chi connectivity index (χ3v) is 4.93. The summed E-state index contributed by atoms with van der Waals surface area (Å²) in [4.78, 5) is 26.6. The van der Waals surface area contributed by atoms with Gasteiger partial charge in [0.25, 0.3) is 0 Å². The summed E-state index contributed by atoms with van der Waals surface area (Å²) in [5.74, 6) is 1.86. The maximum atomic E-state index is 12.4. The van der Waals surface area contributed by atoms with Crippen LogP contribution in [-0.2, 0) is 24.2 Å². The highest BCUT2D eigenvalue weighted by atomic mass is 16.5. The molecule has 1 aromatic carbocycles. The molecular weight excluding hydrogens is 310 g/mol. The number of benzene rings is 1. The van der Waals surface area contributed by atoms with E-state index < -0.39 is 0 Å². The van der Waals surface area contributed by atoms with Gasteiger partial charge in [0.1, 0.15) is 11.5 Å². The monoisotopic (exact) mass is 331 g/mol. The van der Waals surface area contributed by atoms with E-state index in [-0.39, 0.29) is 6.03 Å². The van der Waals surface area contributed by atoms with Crippen LogP contribution in [0, 0.1) is 0 Å². The molecule has 7 nitrogen and oxygen atoms in total. The van der Waals surface area contributed by atoms with Gasteiger partial charge in [-0.25, -0.2) is 4.79 Å². The van der Waals surface area contributed by atoms with Crippen molar-refractivity contribution in [3.05, 3.63) is 22.8 Å². The SMILES string of the molecule is O=CN1CCN(C(=O)NCc2c3c(cc4c2OCC4)OCC3)CC1. The summed E-state index contributed by atoms with van der Waals surface area (Å²) in [7, 11) is 0. The molecule has 3 amide bonds. The molecule has 7 heteroatoms. The molecule has 1 aromatic rings. The molecule has 128 valence electrons. The van der Waals surface area contributed by atoms with Gasteiger partial charge in [0, 0.05) is 62.3 Å². The summed E-state index contributed by atoms with van der Waals surface area (Å²) in [5.41, 5.74) is 3.37. The molecule has 0 atom stereocenters. The Morgan fingerprint density at radius 2 is 1.96 bits per heavy atom. The zero-order chi connectivity index (χ0) is 16.5. The molecule has 1 saturated heterocycles. The first-order valence-electron chi connectivity index (χ1n) is 8.41. The molecule has 3 aliphatic heterocycles. The van der Waals surface area contributed by atoms with E-state index >= 15 is 0 Å². The highest BCUT2D eigenvalue weighted by Crippen LogP contribution is 2.40. The van der Waals surface area contributed by atoms with Crippen molar-refractivity contribution in [3.63, 3.8) is 0 Å². The van der Waals surface area contributed by atoms with E-state index in [1.807, 2.05) is 0 Å². The van der Waals surface area contributed by atoms with Crippen LogP contribution in [0.25, 0.3) is 0 Å². The van der Waals surface area contributed by atoms with E-state index in [0.717, 1.165) is 41.9 Å². The Kier molecular flexibility index (Phi) is 3.92. The molecule has 3 heterocycles. The quantitative estimate of drug-likeness (QED) is 0.821. The van der Waals surface area contributed by atoms with Gasteiger partial charge in [0.15, 0.2) is 0 Å². The van der Waals surface area contributed by atoms with E-state index in [4.69, 9.17) is 9.47 Å². The van der Waals surface area contributed by atoms with Crippen molar-refractivity contribution in [2.75, 3.05) is 39.4 Å². The molecule has 1 N–H and O–H groups in total. The van der Waals surface area contributed by atoms with E-state index in [9.17, 15) is 9.59 Å². The number of hydrogen-bond donors (Lipinski definition) is 1. The molecule has 0 saturated carbocycles. The summed E-state index contributed by atoms with van der Waals surface area (Å²) in [6.07, 6.45) is 2.58. The van der Waals surface area contributed by atoms with Gasteiger partial charge in [0.2, 0.25) is 6.41 Å². The van der Waals surface area contributed by atoms with Crippen LogP contribution >= 0.6 is 0 Å². The third-order valence-electron chi connectivity index (χ3n) is 4.93. The van der Waals surface area contributed by atoms with Crippen molar-refractivity contribution in [2.24, 2.45) is 0 Å². The van der Waals surface area contributed by atoms with Crippen molar-refractivity contribution in [2.45, 2.75) is 19.4 Å². The minimum atomic E-state index is -0.0937. The van der Waals surface area contributed by atoms with Crippen molar-refractivity contribution in [1.29, 1.82) is 0 Å². The standard InChI is InChI=1S/C17H21N3O4/c21-11-19-3-5-20(6-4-19)17(22)18-10-14-13-2-8-23-15(13)9-12-1-7-24-16(12)14/h9,11H,1-8,10H2,(H,18,22). The Hall–Kier alpha value is -2.44. The van der Waals surface area contributed by atoms with Crippen LogP contribution in [0.4, 0.5) is 4.79 Å². The number of rotatable bonds is 3. The van der Waals surface area contributed by atoms with E-state index in [2.05, 4.69) is 11.4 Å². The third kappa shape index (κ3) is 2.64. The minimum absolute atomic E-state index is 0.0937. The van der Waals surface area contributed by atoms with Crippen LogP contribution in [0.2, 0.25) is 0 Å². The van der Waals surface area contributed by atoms with Crippen molar-refractivity contribution in [3.8, 4) is 11.5 Å². The molecule has 1 fully saturated rings. The maximum absolute atomic E-state index is 12.4. The van der Waals surface area contributed by atoms with E-state index in [1.165, 1.54) is 5.56 Å². The van der Waals surface area contributed by atoms with E-state index in [0.29, 0.717) is 45.9 Å². The number of hydrogen-bond acceptors (Lipinski definition) is 4. The Balaban J connectivity index is 1.45. The number of urea groups is 1. The number of piperazine rings is 1. The first-order chi connectivity index (χ1) is 11.8. The van der Waals surface area contributed by atoms with Gasteiger partial charge in [0.05, 0.1) is 13.2 Å². The highest BCUT2D eigenvalue weighted by Gasteiger charge is 2.27. The maximum Gasteiger partial charge on any atom is 0.317 e. The van der Waals surface area contributed by atoms with Crippen LogP contribution < -0.4 is 14.8 Å². The van der Waals surface area contributed by atoms with Gasteiger partial charge >= 0.3 is 6.03 Å². The predicted molar refractivity (Wildman–Crippen MR) is 86.3 cm³/mol. The van der Waals surface area contributed by atoms with Crippen molar-refractivity contribution in [1.82, 2.24) is 15.1 Å². The van der Waals surface area contributed by atoms with Gasteiger partial charge < -0.3 is 24.6 Å². The number of amides is 3. The lowest BCUT2D eigenvalue weighted by Crippen LogP contribution is -2.51. The average Bonchev–Trinajstić information content (AvgIpc) is 3.27. The van der Waals surface area contributed by atoms with Crippen LogP contribution in [0.1, 0.15) is 16.7 Å². The second-order valence-corrected chi connectivity index (χ2v) is 6.30. The highest BCUT2D eigenvalue weighted by molar-refractivity contribution is 5.75. The van der Waals surface area contributed by atoms with Gasteiger partial charge in [-0.3, -0.25) is 4.79 Å². The lowest BCUT2D eigenvalue weighted by Gasteiger charge is -2.32. The largest absolute Gasteiger partial charge is 0.493 e. The summed E-state index contributed by atoms with van der Waals surface area (Å²) >= 11 is 0. The fourth-order valence-corrected chi connectivity index (χ4v) is 3.58. The van der Waals surface area contributed by atoms with E-state index in [1.54, 1.807) is 9.80 Å². The van der Waals surface area contributed by atoms with Gasteiger partial charge in [-0.05, 0) is 6.07 Å². The number of fused-ring (bicyclic) bond motifs is 2. The molecule has 4 rings (SSSR count). The fourth-order valence-electron chi connectivity index (χ4n) is 3.58. The average molecular weight is 331 g/mol. The second-order valence-electron chi connectivity index (χ2n) is 6.30. The summed E-state index contributed by atoms with van der Waals surface area (Å²) in [6.45, 7) is 4.12. The summed E-state index contributed by atoms with van der Waals surface area (Å²) in [5, 5.41) is 3.01. The Bertz CT molecular complexity index is 636. The van der Waals surface area contributed by atoms with Crippen molar-refractivity contribution < 1.29 is 19.1 Å². The van der Waals surface area contributed by atoms with Gasteiger partial charge in [-0.2, -0.15) is 0 Å². The molecule has 0 unspecified atom stereocenters. The second kappa shape index (κ2) is 6.22. The molecule has 0 aliphatic carbocycles. The number of carbonyl (C=O) groups is 2. The van der Waals surface area contributed by atoms with Crippen LogP contribution in [0.15, 0.2) is 6.07 Å². The molecule has 0 bridgehead atoms. The number of ether oxygens (including phenoxy) is 2. The number of carbonyl (C=O) groups excluding carboxylic acids is 2. The van der Waals surface area contributed by atoms with Crippen molar-refractivity contribution >= 4 is 12.4 Å². The van der Waals surface area contributed by atoms with Gasteiger partial charge in [-0.1, -0.05) is 0 Å². The first-order valence-corrected chi connectivity index (χ1v) is 8.41. The number of nitrogens with one attached hydrogen (secondary N) is 1. The number of nitrogens with zero attached hydrogens (tertiary/aromatic N) is 2. The molecule has 3 aliphatic rings. The molecule has 0 radical (unpaired) electrons. The topological polar surface area (TPSA) is 71.1 Å². The van der Waals surface area contributed by atoms with Crippen LogP contribution in [0.3, 0.4) is 0 Å². The fraction of sp³-hybridized carbons (Fsp3) is 0.529. The lowest BCUT2D eigenvalue weighted by atomic mass is 9.99. The molecule has 0 aromatic heterocycles. The normalized spacial score (nSPS) is 18.5. The summed E-state index contributed by atoms with van der Waals surface area (Å²) in [6, 6.07) is 1.98. The van der Waals surface area contributed by atoms with Crippen LogP contribution in [-0.4, -0.2) is 61.6 Å². The van der Waals surface area contributed by atoms with Gasteiger partial charge in [-0.15, -0.1) is 0 Å². The zero-order valence-electron chi connectivity index (χ0n) is 13.5. The predicted octanol–water partition coefficient (Wildman–Crippen LogP) is 0.540. The Morgan fingerprint density at radius 3 is 2.75 bits per heavy atom. The lowest BCUT2D eigenvalue weighted by molar-refractivity contribution is -0.119. The minimum Gasteiger partial charge on any atom is -0.493 e.